The van der Waals surface area contributed by atoms with Crippen LogP contribution in [-0.2, 0) is 0 Å². The van der Waals surface area contributed by atoms with Crippen molar-refractivity contribution in [2.75, 3.05) is 0 Å². The van der Waals surface area contributed by atoms with Crippen molar-refractivity contribution in [2.24, 2.45) is 11.8 Å². The Morgan fingerprint density at radius 2 is 1.26 bits per heavy atom. The molecule has 0 bridgehead atoms. The lowest BCUT2D eigenvalue weighted by Crippen LogP contribution is -2.13. The molecule has 2 unspecified atom stereocenters. The molecule has 0 spiro atoms. The van der Waals surface area contributed by atoms with Crippen LogP contribution in [0.15, 0.2) is 180 Å². The van der Waals surface area contributed by atoms with Crippen LogP contribution in [0.25, 0.3) is 83.0 Å². The summed E-state index contributed by atoms with van der Waals surface area (Å²) in [6.07, 6.45) is 18.4. The first-order valence-electron chi connectivity index (χ1n) is 18.8. The lowest BCUT2D eigenvalue weighted by molar-refractivity contribution is 0.642. The summed E-state index contributed by atoms with van der Waals surface area (Å²) in [7, 11) is 0. The molecule has 10 rings (SSSR count). The van der Waals surface area contributed by atoms with E-state index in [1.54, 1.807) is 0 Å². The molecule has 2 heterocycles. The number of hydrogen-bond acceptors (Lipinski definition) is 4. The summed E-state index contributed by atoms with van der Waals surface area (Å²) < 4.78 is 6.23. The number of para-hydroxylation sites is 1. The predicted molar refractivity (Wildman–Crippen MR) is 224 cm³/mol. The maximum absolute atomic E-state index is 6.23. The van der Waals surface area contributed by atoms with E-state index in [2.05, 4.69) is 152 Å². The van der Waals surface area contributed by atoms with Crippen LogP contribution >= 0.6 is 0 Å². The van der Waals surface area contributed by atoms with Crippen molar-refractivity contribution in [3.05, 3.63) is 182 Å². The Kier molecular flexibility index (Phi) is 7.95. The van der Waals surface area contributed by atoms with Crippen LogP contribution in [0.1, 0.15) is 25.1 Å². The second-order valence-electron chi connectivity index (χ2n) is 14.4. The Balaban J connectivity index is 1.13. The van der Waals surface area contributed by atoms with Crippen LogP contribution in [0.4, 0.5) is 0 Å². The van der Waals surface area contributed by atoms with E-state index in [9.17, 15) is 0 Å². The van der Waals surface area contributed by atoms with Gasteiger partial charge in [-0.3, -0.25) is 0 Å². The quantitative estimate of drug-likeness (QED) is 0.184. The van der Waals surface area contributed by atoms with E-state index in [0.717, 1.165) is 96.6 Å². The van der Waals surface area contributed by atoms with E-state index in [1.165, 1.54) is 5.39 Å². The van der Waals surface area contributed by atoms with Gasteiger partial charge in [-0.05, 0) is 93.4 Å². The van der Waals surface area contributed by atoms with Crippen LogP contribution in [-0.4, -0.2) is 15.0 Å². The highest BCUT2D eigenvalue weighted by atomic mass is 16.3. The van der Waals surface area contributed by atoms with Gasteiger partial charge in [0.15, 0.2) is 17.5 Å². The highest BCUT2D eigenvalue weighted by molar-refractivity contribution is 6.13. The Hall–Kier alpha value is -6.65. The van der Waals surface area contributed by atoms with Gasteiger partial charge in [-0.15, -0.1) is 0 Å². The molecule has 2 aliphatic carbocycles. The van der Waals surface area contributed by atoms with Gasteiger partial charge in [0.05, 0.1) is 0 Å². The fraction of sp³-hybridized carbons (Fsp3) is 0.100. The molecule has 4 heteroatoms. The van der Waals surface area contributed by atoms with Crippen molar-refractivity contribution < 1.29 is 4.42 Å². The minimum absolute atomic E-state index is 0.167. The Labute approximate surface area is 314 Å². The van der Waals surface area contributed by atoms with E-state index >= 15 is 0 Å². The van der Waals surface area contributed by atoms with Crippen molar-refractivity contribution in [3.8, 4) is 33.9 Å². The largest absolute Gasteiger partial charge is 0.456 e. The van der Waals surface area contributed by atoms with Gasteiger partial charge >= 0.3 is 0 Å². The molecule has 2 atom stereocenters. The number of furan rings is 1. The third kappa shape index (κ3) is 5.86. The average Bonchev–Trinajstić information content (AvgIpc) is 3.61. The summed E-state index contributed by atoms with van der Waals surface area (Å²) >= 11 is 0. The fourth-order valence-corrected chi connectivity index (χ4v) is 8.09. The first-order chi connectivity index (χ1) is 26.6. The SMILES string of the molecule is C=C1/C=C\CCC/C(c2nc(-c3ccc4ccccc4c3)nc(-c3ccc4ccc(-c5cccc6oc7ccccc7c56)cc4c3)n2)=C\C2C=CC=CC12. The summed E-state index contributed by atoms with van der Waals surface area (Å²) in [6, 6.07) is 42.7. The molecule has 0 radical (unpaired) electrons. The van der Waals surface area contributed by atoms with Crippen molar-refractivity contribution >= 4 is 49.1 Å². The minimum Gasteiger partial charge on any atom is -0.456 e. The number of nitrogens with zero attached hydrogens (tertiary/aromatic N) is 3. The van der Waals surface area contributed by atoms with E-state index in [0.29, 0.717) is 11.6 Å². The fourth-order valence-electron chi connectivity index (χ4n) is 8.09. The zero-order valence-corrected chi connectivity index (χ0v) is 29.8. The highest BCUT2D eigenvalue weighted by Crippen LogP contribution is 2.39. The van der Waals surface area contributed by atoms with Crippen molar-refractivity contribution in [1.82, 2.24) is 15.0 Å². The zero-order chi connectivity index (χ0) is 36.0. The van der Waals surface area contributed by atoms with E-state index < -0.39 is 0 Å². The van der Waals surface area contributed by atoms with Gasteiger partial charge in [0.25, 0.3) is 0 Å². The molecule has 0 fully saturated rings. The van der Waals surface area contributed by atoms with Gasteiger partial charge in [0.1, 0.15) is 11.2 Å². The van der Waals surface area contributed by atoms with Crippen LogP contribution in [0, 0.1) is 11.8 Å². The summed E-state index contributed by atoms with van der Waals surface area (Å²) in [6.45, 7) is 4.43. The molecule has 0 saturated heterocycles. The van der Waals surface area contributed by atoms with Gasteiger partial charge in [0.2, 0.25) is 0 Å². The Morgan fingerprint density at radius 1 is 0.593 bits per heavy atom. The smallest absolute Gasteiger partial charge is 0.164 e. The van der Waals surface area contributed by atoms with Crippen LogP contribution in [0.2, 0.25) is 0 Å². The molecule has 8 aromatic rings. The maximum Gasteiger partial charge on any atom is 0.164 e. The molecule has 0 amide bonds. The number of allylic oxidation sites excluding steroid dienone is 9. The monoisotopic (exact) mass is 695 g/mol. The second kappa shape index (κ2) is 13.4. The average molecular weight is 696 g/mol. The molecule has 0 N–H and O–H groups in total. The van der Waals surface area contributed by atoms with Crippen LogP contribution in [0.5, 0.6) is 0 Å². The number of fused-ring (bicyclic) bond motifs is 6. The highest BCUT2D eigenvalue weighted by Gasteiger charge is 2.22. The summed E-state index contributed by atoms with van der Waals surface area (Å²) in [5.74, 6) is 2.43. The molecular weight excluding hydrogens is 659 g/mol. The molecule has 0 aliphatic heterocycles. The Morgan fingerprint density at radius 3 is 2.11 bits per heavy atom. The number of rotatable bonds is 4. The number of hydrogen-bond donors (Lipinski definition) is 0. The minimum atomic E-state index is 0.167. The zero-order valence-electron chi connectivity index (χ0n) is 29.8. The van der Waals surface area contributed by atoms with Gasteiger partial charge < -0.3 is 4.42 Å². The summed E-state index contributed by atoms with van der Waals surface area (Å²) in [5.41, 5.74) is 8.26. The number of aromatic nitrogens is 3. The maximum atomic E-state index is 6.23. The lowest BCUT2D eigenvalue weighted by Gasteiger charge is -2.24. The van der Waals surface area contributed by atoms with E-state index in [1.807, 2.05) is 18.2 Å². The third-order valence-electron chi connectivity index (χ3n) is 10.9. The van der Waals surface area contributed by atoms with Crippen molar-refractivity contribution in [1.29, 1.82) is 0 Å². The van der Waals surface area contributed by atoms with Crippen molar-refractivity contribution in [2.45, 2.75) is 19.3 Å². The van der Waals surface area contributed by atoms with Gasteiger partial charge in [-0.25, -0.2) is 15.0 Å². The number of benzene rings is 6. The van der Waals surface area contributed by atoms with Gasteiger partial charge in [-0.1, -0.05) is 140 Å². The van der Waals surface area contributed by atoms with E-state index in [4.69, 9.17) is 19.4 Å². The molecular formula is C50H37N3O. The second-order valence-corrected chi connectivity index (χ2v) is 14.4. The van der Waals surface area contributed by atoms with E-state index in [-0.39, 0.29) is 11.8 Å². The molecule has 2 aromatic heterocycles. The van der Waals surface area contributed by atoms with Gasteiger partial charge in [-0.2, -0.15) is 0 Å². The first kappa shape index (κ1) is 32.0. The molecule has 6 aromatic carbocycles. The predicted octanol–water partition coefficient (Wildman–Crippen LogP) is 13.1. The van der Waals surface area contributed by atoms with Crippen molar-refractivity contribution in [3.63, 3.8) is 0 Å². The molecule has 258 valence electrons. The standard InChI is InChI=1S/C50H37N3O/c1-32-12-3-2-4-16-38(29-36-15-7-8-17-42(32)36)48-51-49(39-26-23-33-13-5-6-14-35(33)28-39)53-50(52-48)40-27-24-34-22-25-37(30-41(34)31-40)43-19-11-21-46-47(43)44-18-9-10-20-45(44)54-46/h3,5-15,17-31,36,42H,1-2,4,16H2/b12-3-,38-29+. The van der Waals surface area contributed by atoms with Crippen LogP contribution in [0.3, 0.4) is 0 Å². The first-order valence-corrected chi connectivity index (χ1v) is 18.8. The molecule has 54 heavy (non-hydrogen) atoms. The summed E-state index contributed by atoms with van der Waals surface area (Å²) in [5, 5.41) is 6.87. The van der Waals surface area contributed by atoms with Gasteiger partial charge in [0, 0.05) is 33.7 Å². The van der Waals surface area contributed by atoms with Crippen LogP contribution < -0.4 is 0 Å². The molecule has 0 saturated carbocycles. The molecule has 4 nitrogen and oxygen atoms in total. The normalized spacial score (nSPS) is 18.9. The Bertz CT molecular complexity index is 2900. The summed E-state index contributed by atoms with van der Waals surface area (Å²) in [4.78, 5) is 15.7. The lowest BCUT2D eigenvalue weighted by atomic mass is 9.81. The topological polar surface area (TPSA) is 51.8 Å². The molecule has 2 aliphatic rings. The third-order valence-corrected chi connectivity index (χ3v) is 10.9.